The van der Waals surface area contributed by atoms with E-state index in [0.29, 0.717) is 5.56 Å². The molecule has 8 nitrogen and oxygen atoms in total. The number of isocyanates is 4. The number of nitrogens with zero attached hydrogens (tertiary/aromatic N) is 2. The zero-order valence-corrected chi connectivity index (χ0v) is 13.9. The van der Waals surface area contributed by atoms with Crippen molar-refractivity contribution in [3.8, 4) is 0 Å². The first kappa shape index (κ1) is 24.2. The first-order valence-corrected chi connectivity index (χ1v) is 6.89. The van der Waals surface area contributed by atoms with Crippen LogP contribution in [-0.2, 0) is 19.2 Å². The van der Waals surface area contributed by atoms with Crippen molar-refractivity contribution in [1.82, 2.24) is 0 Å². The van der Waals surface area contributed by atoms with Crippen LogP contribution in [0.2, 0.25) is 0 Å². The summed E-state index contributed by atoms with van der Waals surface area (Å²) < 4.78 is 0. The molecule has 0 spiro atoms. The molecule has 0 bridgehead atoms. The fourth-order valence-corrected chi connectivity index (χ4v) is 1.44. The van der Waals surface area contributed by atoms with Crippen molar-refractivity contribution in [2.45, 2.75) is 13.1 Å². The van der Waals surface area contributed by atoms with Crippen LogP contribution in [0.3, 0.4) is 0 Å². The van der Waals surface area contributed by atoms with Crippen molar-refractivity contribution >= 4 is 24.3 Å². The van der Waals surface area contributed by atoms with Crippen LogP contribution in [-0.4, -0.2) is 24.3 Å². The van der Waals surface area contributed by atoms with Gasteiger partial charge in [-0.15, -0.1) is 0 Å². The Morgan fingerprint density at radius 3 is 1.35 bits per heavy atom. The average Bonchev–Trinajstić information content (AvgIpc) is 2.65. The van der Waals surface area contributed by atoms with Crippen molar-refractivity contribution in [2.24, 2.45) is 9.98 Å². The van der Waals surface area contributed by atoms with E-state index < -0.39 is 6.17 Å². The van der Waals surface area contributed by atoms with Crippen molar-refractivity contribution in [2.75, 3.05) is 0 Å². The van der Waals surface area contributed by atoms with Crippen LogP contribution >= 0.6 is 0 Å². The fraction of sp³-hybridized carbons (Fsp3) is 0.111. The molecular formula is C18H16N4O4. The summed E-state index contributed by atoms with van der Waals surface area (Å²) in [6, 6.07) is 19.0. The van der Waals surface area contributed by atoms with Gasteiger partial charge in [-0.3, -0.25) is 0 Å². The Labute approximate surface area is 150 Å². The van der Waals surface area contributed by atoms with Gasteiger partial charge in [0.2, 0.25) is 24.3 Å². The molecule has 0 aliphatic heterocycles. The summed E-state index contributed by atoms with van der Waals surface area (Å²) >= 11 is 0. The van der Waals surface area contributed by atoms with Gasteiger partial charge in [-0.1, -0.05) is 66.2 Å². The van der Waals surface area contributed by atoms with E-state index in [2.05, 4.69) is 29.0 Å². The summed E-state index contributed by atoms with van der Waals surface area (Å²) in [7, 11) is 0. The van der Waals surface area contributed by atoms with Gasteiger partial charge in [-0.2, -0.15) is 9.98 Å². The second kappa shape index (κ2) is 19.0. The van der Waals surface area contributed by atoms with E-state index in [-0.39, 0.29) is 0 Å². The lowest BCUT2D eigenvalue weighted by Crippen LogP contribution is -1.89. The molecule has 2 aromatic carbocycles. The number of aliphatic imine (C=N–C) groups is 2. The monoisotopic (exact) mass is 352 g/mol. The Morgan fingerprint density at radius 2 is 1.08 bits per heavy atom. The molecule has 0 unspecified atom stereocenters. The highest BCUT2D eigenvalue weighted by Gasteiger charge is 2.05. The second-order valence-electron chi connectivity index (χ2n) is 4.08. The summed E-state index contributed by atoms with van der Waals surface area (Å²) in [6.07, 6.45) is 3.40. The Bertz CT molecular complexity index is 739. The minimum Gasteiger partial charge on any atom is -0.222 e. The molecule has 0 aromatic heterocycles. The highest BCUT2D eigenvalue weighted by molar-refractivity contribution is 5.39. The Kier molecular flexibility index (Phi) is 17.7. The van der Waals surface area contributed by atoms with E-state index in [9.17, 15) is 9.59 Å². The summed E-state index contributed by atoms with van der Waals surface area (Å²) in [6.45, 7) is 2.08. The Morgan fingerprint density at radius 1 is 0.731 bits per heavy atom. The van der Waals surface area contributed by atoms with Crippen molar-refractivity contribution in [1.29, 1.82) is 10.8 Å². The third kappa shape index (κ3) is 14.9. The molecule has 0 radical (unpaired) electrons. The summed E-state index contributed by atoms with van der Waals surface area (Å²) in [5, 5.41) is 10.8. The van der Waals surface area contributed by atoms with Crippen molar-refractivity contribution in [3.05, 3.63) is 71.8 Å². The van der Waals surface area contributed by atoms with E-state index in [1.165, 1.54) is 17.7 Å². The number of rotatable bonds is 3. The number of hydrogen-bond donors (Lipinski definition) is 2. The Balaban J connectivity index is 0. The van der Waals surface area contributed by atoms with Crippen LogP contribution in [0.4, 0.5) is 0 Å². The van der Waals surface area contributed by atoms with E-state index in [1.807, 2.05) is 24.3 Å². The fourth-order valence-electron chi connectivity index (χ4n) is 1.44. The topological polar surface area (TPSA) is 141 Å². The summed E-state index contributed by atoms with van der Waals surface area (Å²) in [5.74, 6) is 0. The molecular weight excluding hydrogens is 336 g/mol. The maximum Gasteiger partial charge on any atom is 0.237 e. The van der Waals surface area contributed by atoms with E-state index in [4.69, 9.17) is 20.4 Å². The zero-order chi connectivity index (χ0) is 20.0. The van der Waals surface area contributed by atoms with Crippen LogP contribution in [0.25, 0.3) is 0 Å². The Hall–Kier alpha value is -4.04. The highest BCUT2D eigenvalue weighted by Crippen LogP contribution is 2.16. The van der Waals surface area contributed by atoms with Crippen molar-refractivity contribution < 1.29 is 19.2 Å². The normalized spacial score (nSPS) is 8.35. The third-order valence-electron chi connectivity index (χ3n) is 2.39. The summed E-state index contributed by atoms with van der Waals surface area (Å²) in [5.41, 5.74) is 1.98. The second-order valence-corrected chi connectivity index (χ2v) is 4.08. The maximum absolute atomic E-state index is 9.98. The lowest BCUT2D eigenvalue weighted by Gasteiger charge is -2.01. The molecule has 0 aliphatic rings. The van der Waals surface area contributed by atoms with Gasteiger partial charge in [0, 0.05) is 0 Å². The molecule has 0 amide bonds. The van der Waals surface area contributed by atoms with Gasteiger partial charge in [0.05, 0.1) is 0 Å². The molecule has 26 heavy (non-hydrogen) atoms. The molecule has 0 saturated heterocycles. The molecule has 2 aromatic rings. The van der Waals surface area contributed by atoms with Gasteiger partial charge >= 0.3 is 0 Å². The van der Waals surface area contributed by atoms with Gasteiger partial charge < -0.3 is 0 Å². The van der Waals surface area contributed by atoms with Gasteiger partial charge in [-0.25, -0.2) is 30.0 Å². The molecule has 8 heteroatoms. The standard InChI is InChI=1S/C9H6N2O2.C7H8.2CHNO/c12-6-10-9(11-7-13)8-4-2-1-3-5-8;1-7-5-3-2-4-6-7;2*2-1-3/h1-5,9H;2-6H,1H3;2*2H. The lowest BCUT2D eigenvalue weighted by molar-refractivity contribution is 0.551. The first-order valence-electron chi connectivity index (χ1n) is 6.89. The van der Waals surface area contributed by atoms with Gasteiger partial charge in [-0.05, 0) is 12.5 Å². The minimum atomic E-state index is -0.809. The molecule has 0 heterocycles. The SMILES string of the molecule is Cc1ccccc1.N=C=O.N=C=O.O=C=NC(N=C=O)c1ccccc1. The molecule has 132 valence electrons. The molecule has 0 atom stereocenters. The van der Waals surface area contributed by atoms with Crippen LogP contribution in [0.15, 0.2) is 70.6 Å². The number of benzene rings is 2. The van der Waals surface area contributed by atoms with E-state index in [0.717, 1.165) is 12.2 Å². The smallest absolute Gasteiger partial charge is 0.222 e. The third-order valence-corrected chi connectivity index (χ3v) is 2.39. The minimum absolute atomic E-state index is 0.661. The maximum atomic E-state index is 9.98. The largest absolute Gasteiger partial charge is 0.237 e. The average molecular weight is 352 g/mol. The van der Waals surface area contributed by atoms with Crippen LogP contribution in [0, 0.1) is 17.7 Å². The number of carbonyl (C=O) groups excluding carboxylic acids is 4. The number of aryl methyl sites for hydroxylation is 1. The van der Waals surface area contributed by atoms with Gasteiger partial charge in [0.1, 0.15) is 0 Å². The molecule has 2 rings (SSSR count). The number of hydrogen-bond acceptors (Lipinski definition) is 8. The van der Waals surface area contributed by atoms with Gasteiger partial charge in [0.25, 0.3) is 0 Å². The first-order chi connectivity index (χ1) is 12.6. The van der Waals surface area contributed by atoms with Gasteiger partial charge in [0.15, 0.2) is 6.17 Å². The molecule has 2 N–H and O–H groups in total. The molecule has 0 fully saturated rings. The molecule has 0 saturated carbocycles. The predicted molar refractivity (Wildman–Crippen MR) is 93.4 cm³/mol. The van der Waals surface area contributed by atoms with Crippen LogP contribution in [0.5, 0.6) is 0 Å². The lowest BCUT2D eigenvalue weighted by atomic mass is 10.2. The van der Waals surface area contributed by atoms with Crippen molar-refractivity contribution in [3.63, 3.8) is 0 Å². The van der Waals surface area contributed by atoms with Crippen LogP contribution < -0.4 is 0 Å². The van der Waals surface area contributed by atoms with E-state index in [1.54, 1.807) is 24.3 Å². The highest BCUT2D eigenvalue weighted by atomic mass is 16.1. The van der Waals surface area contributed by atoms with Crippen LogP contribution in [0.1, 0.15) is 17.3 Å². The predicted octanol–water partition coefficient (Wildman–Crippen LogP) is 3.15. The quantitative estimate of drug-likeness (QED) is 0.646. The van der Waals surface area contributed by atoms with E-state index >= 15 is 0 Å². The zero-order valence-electron chi connectivity index (χ0n) is 13.9. The molecule has 0 aliphatic carbocycles. The summed E-state index contributed by atoms with van der Waals surface area (Å²) in [4.78, 5) is 43.4. The number of nitrogens with one attached hydrogen (secondary N) is 2.